The second-order valence-electron chi connectivity index (χ2n) is 6.02. The number of aromatic nitrogens is 1. The van der Waals surface area contributed by atoms with Crippen LogP contribution in [0.15, 0.2) is 40.8 Å². The lowest BCUT2D eigenvalue weighted by atomic mass is 10.2. The number of esters is 1. The Morgan fingerprint density at radius 1 is 1.11 bits per heavy atom. The van der Waals surface area contributed by atoms with Gasteiger partial charge < -0.3 is 14.1 Å². The summed E-state index contributed by atoms with van der Waals surface area (Å²) in [5, 5.41) is 0.995. The largest absolute Gasteiger partial charge is 0.461 e. The second kappa shape index (κ2) is 10.1. The van der Waals surface area contributed by atoms with Crippen molar-refractivity contribution in [2.75, 3.05) is 26.2 Å². The molecule has 0 spiro atoms. The van der Waals surface area contributed by atoms with Crippen molar-refractivity contribution in [3.8, 4) is 11.5 Å². The van der Waals surface area contributed by atoms with Crippen molar-refractivity contribution >= 4 is 52.7 Å². The fourth-order valence-electron chi connectivity index (χ4n) is 2.74. The van der Waals surface area contributed by atoms with Crippen molar-refractivity contribution in [3.63, 3.8) is 0 Å². The number of fused-ring (bicyclic) bond motifs is 1. The van der Waals surface area contributed by atoms with Gasteiger partial charge in [0.1, 0.15) is 12.1 Å². The molecule has 1 heterocycles. The molecule has 0 unspecified atom stereocenters. The first-order valence-electron chi connectivity index (χ1n) is 8.76. The zero-order valence-electron chi connectivity index (χ0n) is 15.6. The number of nitrogens with zero attached hydrogens (tertiary/aromatic N) is 2. The molecule has 0 fully saturated rings. The Labute approximate surface area is 180 Å². The van der Waals surface area contributed by atoms with Crippen molar-refractivity contribution < 1.29 is 13.9 Å². The van der Waals surface area contributed by atoms with E-state index in [1.165, 1.54) is 0 Å². The van der Waals surface area contributed by atoms with Crippen LogP contribution in [0, 0.1) is 0 Å². The van der Waals surface area contributed by atoms with Crippen molar-refractivity contribution in [3.05, 3.63) is 52.0 Å². The van der Waals surface area contributed by atoms with E-state index >= 15 is 0 Å². The van der Waals surface area contributed by atoms with Gasteiger partial charge in [-0.15, -0.1) is 12.4 Å². The Kier molecular flexibility index (Phi) is 8.13. The number of carbonyl (C=O) groups excluding carboxylic acids is 1. The van der Waals surface area contributed by atoms with Gasteiger partial charge >= 0.3 is 5.97 Å². The first-order chi connectivity index (χ1) is 13.0. The van der Waals surface area contributed by atoms with E-state index in [-0.39, 0.29) is 18.4 Å². The van der Waals surface area contributed by atoms with Crippen LogP contribution >= 0.6 is 35.6 Å². The molecular formula is C20H21Cl3N2O3. The average Bonchev–Trinajstić information content (AvgIpc) is 3.07. The molecule has 3 aromatic rings. The molecule has 0 bridgehead atoms. The van der Waals surface area contributed by atoms with Gasteiger partial charge in [-0.25, -0.2) is 9.78 Å². The van der Waals surface area contributed by atoms with Crippen LogP contribution in [-0.2, 0) is 4.74 Å². The van der Waals surface area contributed by atoms with E-state index < -0.39 is 0 Å². The number of halogens is 3. The maximum atomic E-state index is 12.3. The molecular weight excluding hydrogens is 423 g/mol. The standard InChI is InChI=1S/C20H20Cl2N2O3.ClH/c1-3-24(4-2)7-8-26-20(25)13-5-6-17-18(11-13)27-19(23-17)14-9-15(21)12-16(22)10-14;/h5-6,9-12H,3-4,7-8H2,1-2H3;1H. The first-order valence-corrected chi connectivity index (χ1v) is 9.52. The van der Waals surface area contributed by atoms with E-state index in [0.29, 0.717) is 51.3 Å². The van der Waals surface area contributed by atoms with E-state index in [9.17, 15) is 4.79 Å². The summed E-state index contributed by atoms with van der Waals surface area (Å²) < 4.78 is 11.1. The summed E-state index contributed by atoms with van der Waals surface area (Å²) in [6.07, 6.45) is 0. The first kappa shape index (κ1) is 22.5. The van der Waals surface area contributed by atoms with E-state index in [4.69, 9.17) is 32.4 Å². The Hall–Kier alpha value is -1.79. The minimum Gasteiger partial charge on any atom is -0.461 e. The topological polar surface area (TPSA) is 55.6 Å². The number of hydrogen-bond donors (Lipinski definition) is 0. The van der Waals surface area contributed by atoms with E-state index in [0.717, 1.165) is 13.1 Å². The summed E-state index contributed by atoms with van der Waals surface area (Å²) in [5.41, 5.74) is 2.24. The number of hydrogen-bond acceptors (Lipinski definition) is 5. The molecule has 0 aliphatic rings. The molecule has 5 nitrogen and oxygen atoms in total. The van der Waals surface area contributed by atoms with Gasteiger partial charge in [0.05, 0.1) is 5.56 Å². The molecule has 0 amide bonds. The number of rotatable bonds is 7. The van der Waals surface area contributed by atoms with Crippen LogP contribution in [0.4, 0.5) is 0 Å². The van der Waals surface area contributed by atoms with Gasteiger partial charge in [-0.1, -0.05) is 37.0 Å². The summed E-state index contributed by atoms with van der Waals surface area (Å²) in [7, 11) is 0. The Morgan fingerprint density at radius 2 is 1.79 bits per heavy atom. The highest BCUT2D eigenvalue weighted by Crippen LogP contribution is 2.29. The minimum absolute atomic E-state index is 0. The molecule has 0 aliphatic carbocycles. The van der Waals surface area contributed by atoms with E-state index in [1.54, 1.807) is 36.4 Å². The molecule has 3 rings (SSSR count). The maximum absolute atomic E-state index is 12.3. The number of likely N-dealkylation sites (N-methyl/N-ethyl adjacent to an activating group) is 1. The molecule has 2 aromatic carbocycles. The van der Waals surface area contributed by atoms with Gasteiger partial charge in [0.2, 0.25) is 5.89 Å². The number of ether oxygens (including phenoxy) is 1. The van der Waals surface area contributed by atoms with E-state index in [1.807, 2.05) is 0 Å². The molecule has 8 heteroatoms. The van der Waals surface area contributed by atoms with E-state index in [2.05, 4.69) is 23.7 Å². The molecule has 1 aromatic heterocycles. The van der Waals surface area contributed by atoms with Crippen LogP contribution in [0.3, 0.4) is 0 Å². The highest BCUT2D eigenvalue weighted by molar-refractivity contribution is 6.35. The predicted molar refractivity (Wildman–Crippen MR) is 115 cm³/mol. The normalized spacial score (nSPS) is 10.9. The van der Waals surface area contributed by atoms with Gasteiger partial charge in [0.25, 0.3) is 0 Å². The molecule has 0 saturated heterocycles. The monoisotopic (exact) mass is 442 g/mol. The maximum Gasteiger partial charge on any atom is 0.338 e. The molecule has 0 saturated carbocycles. The highest BCUT2D eigenvalue weighted by atomic mass is 35.5. The van der Waals surface area contributed by atoms with Crippen LogP contribution < -0.4 is 0 Å². The van der Waals surface area contributed by atoms with Crippen LogP contribution in [0.1, 0.15) is 24.2 Å². The van der Waals surface area contributed by atoms with Crippen LogP contribution in [0.5, 0.6) is 0 Å². The number of carbonyl (C=O) groups is 1. The van der Waals surface area contributed by atoms with Crippen molar-refractivity contribution in [1.29, 1.82) is 0 Å². The third-order valence-electron chi connectivity index (χ3n) is 4.27. The fraction of sp³-hybridized carbons (Fsp3) is 0.300. The Balaban J connectivity index is 0.00000280. The molecule has 0 aliphatic heterocycles. The van der Waals surface area contributed by atoms with Crippen molar-refractivity contribution in [2.24, 2.45) is 0 Å². The van der Waals surface area contributed by atoms with Crippen molar-refractivity contribution in [1.82, 2.24) is 9.88 Å². The lowest BCUT2D eigenvalue weighted by molar-refractivity contribution is 0.0466. The molecule has 0 radical (unpaired) electrons. The second-order valence-corrected chi connectivity index (χ2v) is 6.90. The summed E-state index contributed by atoms with van der Waals surface area (Å²) in [5.74, 6) is 0.00857. The lowest BCUT2D eigenvalue weighted by Gasteiger charge is -2.17. The van der Waals surface area contributed by atoms with Gasteiger partial charge in [-0.05, 0) is 49.5 Å². The molecule has 0 N–H and O–H groups in total. The predicted octanol–water partition coefficient (Wildman–Crippen LogP) is 5.72. The Bertz CT molecular complexity index is 935. The van der Waals surface area contributed by atoms with Gasteiger partial charge in [-0.2, -0.15) is 0 Å². The quantitative estimate of drug-likeness (QED) is 0.437. The van der Waals surface area contributed by atoms with Crippen LogP contribution in [0.2, 0.25) is 10.0 Å². The van der Waals surface area contributed by atoms with Crippen molar-refractivity contribution in [2.45, 2.75) is 13.8 Å². The molecule has 0 atom stereocenters. The zero-order chi connectivity index (χ0) is 19.4. The lowest BCUT2D eigenvalue weighted by Crippen LogP contribution is -2.27. The number of benzene rings is 2. The molecule has 28 heavy (non-hydrogen) atoms. The van der Waals surface area contributed by atoms with Gasteiger partial charge in [0, 0.05) is 22.2 Å². The summed E-state index contributed by atoms with van der Waals surface area (Å²) in [6, 6.07) is 10.1. The Morgan fingerprint density at radius 3 is 2.43 bits per heavy atom. The fourth-order valence-corrected chi connectivity index (χ4v) is 3.27. The van der Waals surface area contributed by atoms with Crippen LogP contribution in [0.25, 0.3) is 22.6 Å². The van der Waals surface area contributed by atoms with Gasteiger partial charge in [0.15, 0.2) is 5.58 Å². The zero-order valence-corrected chi connectivity index (χ0v) is 17.9. The average molecular weight is 444 g/mol. The minimum atomic E-state index is -0.382. The van der Waals surface area contributed by atoms with Gasteiger partial charge in [-0.3, -0.25) is 0 Å². The highest BCUT2D eigenvalue weighted by Gasteiger charge is 2.14. The summed E-state index contributed by atoms with van der Waals surface area (Å²) in [4.78, 5) is 18.9. The summed E-state index contributed by atoms with van der Waals surface area (Å²) in [6.45, 7) is 7.06. The van der Waals surface area contributed by atoms with Crippen LogP contribution in [-0.4, -0.2) is 42.1 Å². The molecule has 150 valence electrons. The number of oxazole rings is 1. The third kappa shape index (κ3) is 5.39. The summed E-state index contributed by atoms with van der Waals surface area (Å²) >= 11 is 12.1. The smallest absolute Gasteiger partial charge is 0.338 e. The SMILES string of the molecule is CCN(CC)CCOC(=O)c1ccc2nc(-c3cc(Cl)cc(Cl)c3)oc2c1.Cl. The third-order valence-corrected chi connectivity index (χ3v) is 4.71.